The maximum atomic E-state index is 13.9. The Morgan fingerprint density at radius 2 is 1.86 bits per heavy atom. The number of benzene rings is 1. The number of halogens is 3. The van der Waals surface area contributed by atoms with Crippen LogP contribution in [0.2, 0.25) is 0 Å². The van der Waals surface area contributed by atoms with Crippen LogP contribution in [0, 0.1) is 24.4 Å². The van der Waals surface area contributed by atoms with E-state index >= 15 is 0 Å². The Bertz CT molecular complexity index is 858. The molecule has 114 valence electrons. The highest BCUT2D eigenvalue weighted by Gasteiger charge is 2.14. The minimum atomic E-state index is -0.730. The molecule has 3 nitrogen and oxygen atoms in total. The molecule has 1 aromatic carbocycles. The Kier molecular flexibility index (Phi) is 3.52. The molecule has 0 N–H and O–H groups in total. The van der Waals surface area contributed by atoms with E-state index in [1.807, 2.05) is 13.0 Å². The van der Waals surface area contributed by atoms with E-state index in [2.05, 4.69) is 4.98 Å². The number of hydrogen-bond acceptors (Lipinski definition) is 2. The molecule has 0 saturated carbocycles. The van der Waals surface area contributed by atoms with Crippen LogP contribution in [0.3, 0.4) is 0 Å². The van der Waals surface area contributed by atoms with Gasteiger partial charge in [-0.15, -0.1) is 0 Å². The molecule has 22 heavy (non-hydrogen) atoms. The summed E-state index contributed by atoms with van der Waals surface area (Å²) < 4.78 is 47.3. The van der Waals surface area contributed by atoms with Crippen LogP contribution in [0.4, 0.5) is 13.2 Å². The first-order valence-electron chi connectivity index (χ1n) is 6.63. The first-order valence-corrected chi connectivity index (χ1v) is 6.63. The fraction of sp³-hybridized carbons (Fsp3) is 0.188. The smallest absolute Gasteiger partial charge is 0.167 e. The van der Waals surface area contributed by atoms with Crippen molar-refractivity contribution in [3.8, 4) is 5.75 Å². The van der Waals surface area contributed by atoms with Gasteiger partial charge in [0.1, 0.15) is 11.6 Å². The van der Waals surface area contributed by atoms with E-state index in [0.717, 1.165) is 23.3 Å². The van der Waals surface area contributed by atoms with Crippen molar-refractivity contribution in [3.63, 3.8) is 0 Å². The summed E-state index contributed by atoms with van der Waals surface area (Å²) in [6, 6.07) is 5.55. The average Bonchev–Trinajstić information content (AvgIpc) is 2.76. The first-order chi connectivity index (χ1) is 10.5. The number of aromatic nitrogens is 2. The molecular formula is C16H13F3N2O. The fourth-order valence-electron chi connectivity index (χ4n) is 2.48. The highest BCUT2D eigenvalue weighted by molar-refractivity contribution is 5.83. The summed E-state index contributed by atoms with van der Waals surface area (Å²) in [6.45, 7) is 1.92. The molecule has 3 aromatic rings. The van der Waals surface area contributed by atoms with Gasteiger partial charge in [0.15, 0.2) is 11.6 Å². The molecule has 0 aliphatic rings. The summed E-state index contributed by atoms with van der Waals surface area (Å²) >= 11 is 0. The van der Waals surface area contributed by atoms with Gasteiger partial charge in [-0.3, -0.25) is 4.98 Å². The lowest BCUT2D eigenvalue weighted by molar-refractivity contribution is 0.387. The van der Waals surface area contributed by atoms with Crippen LogP contribution in [0.5, 0.6) is 5.75 Å². The topological polar surface area (TPSA) is 27.1 Å². The molecule has 2 aromatic heterocycles. The Hall–Kier alpha value is -2.50. The number of ether oxygens (including phenoxy) is 1. The van der Waals surface area contributed by atoms with Gasteiger partial charge in [0.25, 0.3) is 0 Å². The average molecular weight is 306 g/mol. The molecule has 0 aliphatic carbocycles. The Labute approximate surface area is 125 Å². The third-order valence-electron chi connectivity index (χ3n) is 3.57. The minimum Gasteiger partial charge on any atom is -0.494 e. The van der Waals surface area contributed by atoms with E-state index in [-0.39, 0.29) is 18.0 Å². The quantitative estimate of drug-likeness (QED) is 0.735. The molecule has 2 heterocycles. The molecule has 0 atom stereocenters. The summed E-state index contributed by atoms with van der Waals surface area (Å²) in [6.07, 6.45) is 0.961. The van der Waals surface area contributed by atoms with E-state index in [1.54, 1.807) is 10.6 Å². The van der Waals surface area contributed by atoms with Gasteiger partial charge in [0.05, 0.1) is 31.1 Å². The second kappa shape index (κ2) is 5.36. The lowest BCUT2D eigenvalue weighted by atomic mass is 10.2. The number of aryl methyl sites for hydroxylation is 1. The monoisotopic (exact) mass is 306 g/mol. The van der Waals surface area contributed by atoms with E-state index in [1.165, 1.54) is 13.2 Å². The Balaban J connectivity index is 2.10. The van der Waals surface area contributed by atoms with E-state index in [9.17, 15) is 13.2 Å². The first kappa shape index (κ1) is 14.4. The number of nitrogens with zero attached hydrogens (tertiary/aromatic N) is 2. The zero-order valence-corrected chi connectivity index (χ0v) is 12.0. The van der Waals surface area contributed by atoms with Gasteiger partial charge >= 0.3 is 0 Å². The predicted octanol–water partition coefficient (Wildman–Crippen LogP) is 3.82. The van der Waals surface area contributed by atoms with Gasteiger partial charge in [-0.2, -0.15) is 0 Å². The molecular weight excluding hydrogens is 293 g/mol. The number of fused-ring (bicyclic) bond motifs is 1. The zero-order chi connectivity index (χ0) is 15.9. The second-order valence-electron chi connectivity index (χ2n) is 5.00. The van der Waals surface area contributed by atoms with Crippen LogP contribution in [0.25, 0.3) is 10.9 Å². The van der Waals surface area contributed by atoms with Crippen LogP contribution in [-0.4, -0.2) is 16.7 Å². The van der Waals surface area contributed by atoms with Gasteiger partial charge < -0.3 is 9.30 Å². The summed E-state index contributed by atoms with van der Waals surface area (Å²) in [4.78, 5) is 3.77. The van der Waals surface area contributed by atoms with E-state index in [4.69, 9.17) is 4.74 Å². The number of rotatable bonds is 3. The van der Waals surface area contributed by atoms with Crippen LogP contribution in [-0.2, 0) is 6.54 Å². The molecule has 0 aliphatic heterocycles. The van der Waals surface area contributed by atoms with Crippen LogP contribution >= 0.6 is 0 Å². The van der Waals surface area contributed by atoms with Gasteiger partial charge in [-0.05, 0) is 19.1 Å². The molecule has 0 bridgehead atoms. The largest absolute Gasteiger partial charge is 0.494 e. The fourth-order valence-corrected chi connectivity index (χ4v) is 2.48. The molecule has 0 fully saturated rings. The Morgan fingerprint density at radius 3 is 2.55 bits per heavy atom. The predicted molar refractivity (Wildman–Crippen MR) is 76.4 cm³/mol. The summed E-state index contributed by atoms with van der Waals surface area (Å²) in [7, 11) is 1.39. The molecule has 0 unspecified atom stereocenters. The lowest BCUT2D eigenvalue weighted by Gasteiger charge is -2.09. The maximum absolute atomic E-state index is 13.9. The summed E-state index contributed by atoms with van der Waals surface area (Å²) in [5, 5.41) is 0.776. The van der Waals surface area contributed by atoms with Crippen LogP contribution in [0.1, 0.15) is 11.4 Å². The highest BCUT2D eigenvalue weighted by Crippen LogP contribution is 2.28. The number of methoxy groups -OCH3 is 1. The van der Waals surface area contributed by atoms with Crippen molar-refractivity contribution in [1.82, 2.24) is 9.55 Å². The molecule has 6 heteroatoms. The maximum Gasteiger partial charge on any atom is 0.167 e. The van der Waals surface area contributed by atoms with Gasteiger partial charge in [-0.1, -0.05) is 0 Å². The van der Waals surface area contributed by atoms with E-state index < -0.39 is 17.5 Å². The zero-order valence-electron chi connectivity index (χ0n) is 12.0. The lowest BCUT2D eigenvalue weighted by Crippen LogP contribution is -2.06. The van der Waals surface area contributed by atoms with Gasteiger partial charge in [0.2, 0.25) is 0 Å². The van der Waals surface area contributed by atoms with Crippen LogP contribution < -0.4 is 4.74 Å². The number of pyridine rings is 1. The molecule has 0 saturated heterocycles. The highest BCUT2D eigenvalue weighted by atomic mass is 19.1. The van der Waals surface area contributed by atoms with Crippen molar-refractivity contribution in [1.29, 1.82) is 0 Å². The second-order valence-corrected chi connectivity index (χ2v) is 5.00. The van der Waals surface area contributed by atoms with Gasteiger partial charge in [0, 0.05) is 23.2 Å². The summed E-state index contributed by atoms with van der Waals surface area (Å²) in [5.74, 6) is -1.81. The van der Waals surface area contributed by atoms with Crippen molar-refractivity contribution in [2.75, 3.05) is 7.11 Å². The molecule has 0 radical (unpaired) electrons. The van der Waals surface area contributed by atoms with Crippen LogP contribution in [0.15, 0.2) is 30.5 Å². The van der Waals surface area contributed by atoms with Crippen molar-refractivity contribution < 1.29 is 17.9 Å². The normalized spacial score (nSPS) is 11.1. The Morgan fingerprint density at radius 1 is 1.09 bits per heavy atom. The standard InChI is InChI=1S/C16H13F3N2O/c1-9-3-10-4-16(22-2)13(19)6-15(10)21(9)8-14-12(18)5-11(17)7-20-14/h3-7H,8H2,1-2H3. The van der Waals surface area contributed by atoms with Crippen molar-refractivity contribution >= 4 is 10.9 Å². The van der Waals surface area contributed by atoms with Crippen molar-refractivity contribution in [3.05, 3.63) is 59.3 Å². The van der Waals surface area contributed by atoms with E-state index in [0.29, 0.717) is 5.52 Å². The van der Waals surface area contributed by atoms with Gasteiger partial charge in [-0.25, -0.2) is 13.2 Å². The minimum absolute atomic E-state index is 0.0905. The molecule has 3 rings (SSSR count). The third kappa shape index (κ3) is 2.41. The SMILES string of the molecule is COc1cc2cc(C)n(Cc3ncc(F)cc3F)c2cc1F. The number of hydrogen-bond donors (Lipinski definition) is 0. The third-order valence-corrected chi connectivity index (χ3v) is 3.57. The molecule has 0 amide bonds. The van der Waals surface area contributed by atoms with Crippen molar-refractivity contribution in [2.45, 2.75) is 13.5 Å². The summed E-state index contributed by atoms with van der Waals surface area (Å²) in [5.41, 5.74) is 1.51. The van der Waals surface area contributed by atoms with Crippen molar-refractivity contribution in [2.24, 2.45) is 0 Å². The molecule has 0 spiro atoms.